The Balaban J connectivity index is 1.55. The van der Waals surface area contributed by atoms with Crippen LogP contribution in [0.3, 0.4) is 0 Å². The van der Waals surface area contributed by atoms with Crippen LogP contribution in [0.1, 0.15) is 80.5 Å². The van der Waals surface area contributed by atoms with Crippen LogP contribution in [0, 0.1) is 5.41 Å². The highest BCUT2D eigenvalue weighted by Gasteiger charge is 2.34. The molecule has 2 bridgehead atoms. The number of hydrogen-bond donors (Lipinski definition) is 1. The predicted octanol–water partition coefficient (Wildman–Crippen LogP) is 3.66. The Kier molecular flexibility index (Phi) is 4.23. The second kappa shape index (κ2) is 6.55. The second-order valence-corrected chi connectivity index (χ2v) is 10.1. The topological polar surface area (TPSA) is 71.3 Å². The molecule has 6 nitrogen and oxygen atoms in total. The minimum atomic E-state index is 0.0605. The summed E-state index contributed by atoms with van der Waals surface area (Å²) in [6.45, 7) is 8.14. The molecule has 2 saturated heterocycles. The standard InChI is InChI=1S/C22H30N4O2/c1-22(2,3)11-18-19-16(10-17(13-4-5-13)24-20(19)28-25-18)21(27)26-9-8-14-6-7-15(12-26)23-14/h10,13-15,23H,4-9,11-12H2,1-3H3. The van der Waals surface area contributed by atoms with Gasteiger partial charge in [0, 0.05) is 36.8 Å². The van der Waals surface area contributed by atoms with Gasteiger partial charge in [-0.3, -0.25) is 4.79 Å². The number of aromatic nitrogens is 2. The van der Waals surface area contributed by atoms with Crippen LogP contribution >= 0.6 is 0 Å². The SMILES string of the molecule is CC(C)(C)Cc1noc2nc(C3CC3)cc(C(=O)N3CCC4CCC(C3)N4)c12. The lowest BCUT2D eigenvalue weighted by Crippen LogP contribution is -2.39. The van der Waals surface area contributed by atoms with E-state index in [1.54, 1.807) is 0 Å². The maximum Gasteiger partial charge on any atom is 0.259 e. The van der Waals surface area contributed by atoms with Gasteiger partial charge in [-0.25, -0.2) is 4.98 Å². The van der Waals surface area contributed by atoms with Gasteiger partial charge >= 0.3 is 0 Å². The van der Waals surface area contributed by atoms with E-state index < -0.39 is 0 Å². The van der Waals surface area contributed by atoms with Crippen LogP contribution in [-0.2, 0) is 6.42 Å². The molecule has 2 unspecified atom stereocenters. The summed E-state index contributed by atoms with van der Waals surface area (Å²) < 4.78 is 5.62. The van der Waals surface area contributed by atoms with Crippen molar-refractivity contribution in [2.45, 2.75) is 77.3 Å². The van der Waals surface area contributed by atoms with E-state index in [1.165, 1.54) is 6.42 Å². The highest BCUT2D eigenvalue weighted by Crippen LogP contribution is 2.41. The van der Waals surface area contributed by atoms with E-state index in [9.17, 15) is 4.79 Å². The third kappa shape index (κ3) is 3.43. The zero-order valence-electron chi connectivity index (χ0n) is 17.1. The van der Waals surface area contributed by atoms with Crippen LogP contribution < -0.4 is 5.32 Å². The van der Waals surface area contributed by atoms with Gasteiger partial charge in [-0.2, -0.15) is 0 Å². The minimum absolute atomic E-state index is 0.0605. The summed E-state index contributed by atoms with van der Waals surface area (Å²) in [6.07, 6.45) is 6.48. The van der Waals surface area contributed by atoms with Gasteiger partial charge in [0.2, 0.25) is 0 Å². The monoisotopic (exact) mass is 382 g/mol. The largest absolute Gasteiger partial charge is 0.337 e. The lowest BCUT2D eigenvalue weighted by molar-refractivity contribution is 0.0750. The first-order valence-corrected chi connectivity index (χ1v) is 10.7. The van der Waals surface area contributed by atoms with Crippen molar-refractivity contribution in [1.82, 2.24) is 20.4 Å². The molecule has 2 aromatic heterocycles. The molecule has 2 aliphatic heterocycles. The number of amides is 1. The first-order chi connectivity index (χ1) is 13.4. The molecule has 0 radical (unpaired) electrons. The van der Waals surface area contributed by atoms with Crippen LogP contribution in [-0.4, -0.2) is 46.1 Å². The Morgan fingerprint density at radius 1 is 1.21 bits per heavy atom. The van der Waals surface area contributed by atoms with E-state index in [1.807, 2.05) is 11.0 Å². The molecule has 4 heterocycles. The number of pyridine rings is 1. The molecule has 3 fully saturated rings. The van der Waals surface area contributed by atoms with Gasteiger partial charge in [0.05, 0.1) is 16.6 Å². The number of carbonyl (C=O) groups excluding carboxylic acids is 1. The lowest BCUT2D eigenvalue weighted by Gasteiger charge is -2.25. The first-order valence-electron chi connectivity index (χ1n) is 10.7. The fourth-order valence-corrected chi connectivity index (χ4v) is 4.71. The van der Waals surface area contributed by atoms with Crippen molar-refractivity contribution in [3.8, 4) is 0 Å². The van der Waals surface area contributed by atoms with Crippen molar-refractivity contribution in [1.29, 1.82) is 0 Å². The molecule has 0 spiro atoms. The van der Waals surface area contributed by atoms with Crippen molar-refractivity contribution in [3.05, 3.63) is 23.0 Å². The Morgan fingerprint density at radius 2 is 2.00 bits per heavy atom. The van der Waals surface area contributed by atoms with E-state index in [2.05, 4.69) is 31.2 Å². The predicted molar refractivity (Wildman–Crippen MR) is 107 cm³/mol. The number of fused-ring (bicyclic) bond motifs is 3. The molecule has 28 heavy (non-hydrogen) atoms. The summed E-state index contributed by atoms with van der Waals surface area (Å²) in [6, 6.07) is 3.02. The Morgan fingerprint density at radius 3 is 2.75 bits per heavy atom. The van der Waals surface area contributed by atoms with Gasteiger partial charge in [0.15, 0.2) is 0 Å². The lowest BCUT2D eigenvalue weighted by atomic mass is 9.89. The second-order valence-electron chi connectivity index (χ2n) is 10.1. The highest BCUT2D eigenvalue weighted by molar-refractivity contribution is 6.06. The zero-order chi connectivity index (χ0) is 19.5. The van der Waals surface area contributed by atoms with E-state index in [4.69, 9.17) is 9.51 Å². The van der Waals surface area contributed by atoms with Crippen LogP contribution in [0.15, 0.2) is 10.6 Å². The van der Waals surface area contributed by atoms with Crippen molar-refractivity contribution in [2.75, 3.05) is 13.1 Å². The fraction of sp³-hybridized carbons (Fsp3) is 0.682. The number of carbonyl (C=O) groups is 1. The van der Waals surface area contributed by atoms with E-state index in [0.717, 1.165) is 67.5 Å². The smallest absolute Gasteiger partial charge is 0.259 e. The quantitative estimate of drug-likeness (QED) is 0.877. The van der Waals surface area contributed by atoms with E-state index in [0.29, 0.717) is 23.7 Å². The number of nitrogens with zero attached hydrogens (tertiary/aromatic N) is 3. The highest BCUT2D eigenvalue weighted by atomic mass is 16.5. The first kappa shape index (κ1) is 18.1. The molecule has 0 aromatic carbocycles. The molecule has 6 heteroatoms. The molecule has 1 aliphatic carbocycles. The van der Waals surface area contributed by atoms with Crippen LogP contribution in [0.4, 0.5) is 0 Å². The Labute approximate surface area is 166 Å². The maximum absolute atomic E-state index is 13.7. The summed E-state index contributed by atoms with van der Waals surface area (Å²) in [5.41, 5.74) is 3.18. The van der Waals surface area contributed by atoms with Crippen molar-refractivity contribution in [2.24, 2.45) is 5.41 Å². The number of rotatable bonds is 3. The molecule has 1 N–H and O–H groups in total. The maximum atomic E-state index is 13.7. The van der Waals surface area contributed by atoms with Gasteiger partial charge in [-0.05, 0) is 50.0 Å². The number of nitrogens with one attached hydrogen (secondary N) is 1. The normalized spacial score (nSPS) is 25.3. The van der Waals surface area contributed by atoms with Gasteiger partial charge < -0.3 is 14.7 Å². The third-order valence-corrected chi connectivity index (χ3v) is 6.27. The molecule has 5 rings (SSSR count). The number of likely N-dealkylation sites (tertiary alicyclic amines) is 1. The molecular formula is C22H30N4O2. The molecule has 2 aromatic rings. The van der Waals surface area contributed by atoms with E-state index in [-0.39, 0.29) is 11.3 Å². The van der Waals surface area contributed by atoms with Crippen LogP contribution in [0.2, 0.25) is 0 Å². The summed E-state index contributed by atoms with van der Waals surface area (Å²) >= 11 is 0. The molecule has 1 amide bonds. The Hall–Kier alpha value is -1.95. The fourth-order valence-electron chi connectivity index (χ4n) is 4.71. The van der Waals surface area contributed by atoms with Crippen molar-refractivity contribution < 1.29 is 9.32 Å². The summed E-state index contributed by atoms with van der Waals surface area (Å²) in [5.74, 6) is 0.580. The molecule has 1 saturated carbocycles. The molecule has 2 atom stereocenters. The summed E-state index contributed by atoms with van der Waals surface area (Å²) in [5, 5.41) is 8.82. The summed E-state index contributed by atoms with van der Waals surface area (Å²) in [4.78, 5) is 20.4. The zero-order valence-corrected chi connectivity index (χ0v) is 17.1. The van der Waals surface area contributed by atoms with Gasteiger partial charge in [0.1, 0.15) is 0 Å². The summed E-state index contributed by atoms with van der Waals surface area (Å²) in [7, 11) is 0. The van der Waals surface area contributed by atoms with Gasteiger partial charge in [-0.1, -0.05) is 25.9 Å². The van der Waals surface area contributed by atoms with Gasteiger partial charge in [-0.15, -0.1) is 0 Å². The molecular weight excluding hydrogens is 352 g/mol. The van der Waals surface area contributed by atoms with Crippen molar-refractivity contribution >= 4 is 17.0 Å². The van der Waals surface area contributed by atoms with Gasteiger partial charge in [0.25, 0.3) is 11.6 Å². The third-order valence-electron chi connectivity index (χ3n) is 6.27. The van der Waals surface area contributed by atoms with Crippen LogP contribution in [0.25, 0.3) is 11.1 Å². The number of hydrogen-bond acceptors (Lipinski definition) is 5. The minimum Gasteiger partial charge on any atom is -0.337 e. The molecule has 150 valence electrons. The van der Waals surface area contributed by atoms with Crippen LogP contribution in [0.5, 0.6) is 0 Å². The van der Waals surface area contributed by atoms with Crippen molar-refractivity contribution in [3.63, 3.8) is 0 Å². The Bertz CT molecular complexity index is 909. The van der Waals surface area contributed by atoms with E-state index >= 15 is 0 Å². The molecule has 3 aliphatic rings. The average Bonchev–Trinajstić information content (AvgIpc) is 3.32. The average molecular weight is 383 g/mol.